The molecule has 0 unspecified atom stereocenters. The van der Waals surface area contributed by atoms with Crippen molar-refractivity contribution < 1.29 is 33.4 Å². The minimum Gasteiger partial charge on any atom is -0.464 e. The Labute approximate surface area is 156 Å². The summed E-state index contributed by atoms with van der Waals surface area (Å²) < 4.78 is 15.5. The van der Waals surface area contributed by atoms with Crippen LogP contribution in [-0.4, -0.2) is 66.6 Å². The number of fused-ring (bicyclic) bond motifs is 1. The minimum absolute atomic E-state index is 0.0254. The number of nitrogens with zero attached hydrogens (tertiary/aromatic N) is 1. The Morgan fingerprint density at radius 2 is 2.19 bits per heavy atom. The van der Waals surface area contributed by atoms with Gasteiger partial charge in [-0.05, 0) is 6.07 Å². The number of morpholine rings is 1. The monoisotopic (exact) mass is 376 g/mol. The topological polar surface area (TPSA) is 121 Å². The number of carbonyl (C=O) groups excluding carboxylic acids is 2. The Kier molecular flexibility index (Phi) is 6.46. The van der Waals surface area contributed by atoms with E-state index in [0.29, 0.717) is 18.7 Å². The van der Waals surface area contributed by atoms with Gasteiger partial charge in [-0.3, -0.25) is 9.59 Å². The van der Waals surface area contributed by atoms with Crippen LogP contribution >= 0.6 is 0 Å². The van der Waals surface area contributed by atoms with E-state index in [1.165, 1.54) is 0 Å². The molecule has 1 fully saturated rings. The predicted octanol–water partition coefficient (Wildman–Crippen LogP) is -0.347. The standard InChI is InChI=1S/C17H21BN2O7/c21-15(5-6-20-7-8-25-11-17(20)22)19-16(27-18(23)24)9-12-10-26-14-4-2-1-3-13(12)14/h1-4,10,16,23-24H,5-9,11H2,(H,19,21)/t16-/m1/s1. The van der Waals surface area contributed by atoms with Gasteiger partial charge in [0.25, 0.3) is 0 Å². The van der Waals surface area contributed by atoms with E-state index in [-0.39, 0.29) is 37.8 Å². The third kappa shape index (κ3) is 5.30. The lowest BCUT2D eigenvalue weighted by atomic mass is 10.1. The summed E-state index contributed by atoms with van der Waals surface area (Å²) in [6.07, 6.45) is 0.846. The molecule has 2 heterocycles. The third-order valence-corrected chi connectivity index (χ3v) is 4.27. The fraction of sp³-hybridized carbons (Fsp3) is 0.412. The number of furan rings is 1. The Hall–Kier alpha value is -2.40. The van der Waals surface area contributed by atoms with Gasteiger partial charge in [0.05, 0.1) is 12.9 Å². The van der Waals surface area contributed by atoms with E-state index in [0.717, 1.165) is 10.9 Å². The summed E-state index contributed by atoms with van der Waals surface area (Å²) in [5.41, 5.74) is 1.45. The number of hydrogen-bond donors (Lipinski definition) is 3. The lowest BCUT2D eigenvalue weighted by molar-refractivity contribution is -0.143. The molecule has 1 aliphatic heterocycles. The van der Waals surface area contributed by atoms with E-state index in [2.05, 4.69) is 5.32 Å². The van der Waals surface area contributed by atoms with Crippen molar-refractivity contribution in [2.45, 2.75) is 19.1 Å². The first kappa shape index (κ1) is 19.4. The zero-order valence-electron chi connectivity index (χ0n) is 14.7. The second-order valence-corrected chi connectivity index (χ2v) is 6.16. The number of hydrogen-bond acceptors (Lipinski definition) is 7. The van der Waals surface area contributed by atoms with Gasteiger partial charge in [-0.1, -0.05) is 18.2 Å². The molecular formula is C17H21BN2O7. The van der Waals surface area contributed by atoms with Crippen molar-refractivity contribution in [3.8, 4) is 0 Å². The molecule has 10 heteroatoms. The van der Waals surface area contributed by atoms with E-state index < -0.39 is 13.5 Å². The summed E-state index contributed by atoms with van der Waals surface area (Å²) in [6.45, 7) is 1.18. The number of para-hydroxylation sites is 1. The number of rotatable bonds is 8. The Balaban J connectivity index is 1.59. The maximum atomic E-state index is 12.2. The molecule has 1 atom stereocenters. The molecule has 3 N–H and O–H groups in total. The number of carbonyl (C=O) groups is 2. The van der Waals surface area contributed by atoms with Gasteiger partial charge in [-0.2, -0.15) is 0 Å². The SMILES string of the molecule is O=C(CCN1CCOCC1=O)N[C@@H](Cc1coc2ccccc12)OB(O)O. The summed E-state index contributed by atoms with van der Waals surface area (Å²) >= 11 is 0. The fourth-order valence-corrected chi connectivity index (χ4v) is 2.95. The van der Waals surface area contributed by atoms with Gasteiger partial charge >= 0.3 is 7.32 Å². The van der Waals surface area contributed by atoms with Crippen LogP contribution in [0.4, 0.5) is 0 Å². The highest BCUT2D eigenvalue weighted by atomic mass is 16.6. The molecular weight excluding hydrogens is 355 g/mol. The van der Waals surface area contributed by atoms with Gasteiger partial charge < -0.3 is 34.1 Å². The molecule has 1 saturated heterocycles. The van der Waals surface area contributed by atoms with Crippen LogP contribution in [0.3, 0.4) is 0 Å². The predicted molar refractivity (Wildman–Crippen MR) is 95.1 cm³/mol. The van der Waals surface area contributed by atoms with Crippen LogP contribution in [0.1, 0.15) is 12.0 Å². The zero-order chi connectivity index (χ0) is 19.2. The van der Waals surface area contributed by atoms with Crippen LogP contribution < -0.4 is 5.32 Å². The molecule has 2 aromatic rings. The highest BCUT2D eigenvalue weighted by molar-refractivity contribution is 6.32. The molecule has 0 bridgehead atoms. The highest BCUT2D eigenvalue weighted by Gasteiger charge is 2.23. The van der Waals surface area contributed by atoms with E-state index in [9.17, 15) is 9.59 Å². The molecule has 0 radical (unpaired) electrons. The van der Waals surface area contributed by atoms with Crippen molar-refractivity contribution in [1.82, 2.24) is 10.2 Å². The summed E-state index contributed by atoms with van der Waals surface area (Å²) in [5, 5.41) is 21.7. The quantitative estimate of drug-likeness (QED) is 0.425. The minimum atomic E-state index is -2.03. The summed E-state index contributed by atoms with van der Waals surface area (Å²) in [5.74, 6) is -0.523. The van der Waals surface area contributed by atoms with Crippen molar-refractivity contribution in [2.24, 2.45) is 0 Å². The largest absolute Gasteiger partial charge is 0.635 e. The molecule has 0 spiro atoms. The highest BCUT2D eigenvalue weighted by Crippen LogP contribution is 2.22. The second-order valence-electron chi connectivity index (χ2n) is 6.16. The molecule has 0 saturated carbocycles. The Bertz CT molecular complexity index is 794. The van der Waals surface area contributed by atoms with Crippen LogP contribution in [0.2, 0.25) is 0 Å². The average molecular weight is 376 g/mol. The van der Waals surface area contributed by atoms with Crippen molar-refractivity contribution in [3.63, 3.8) is 0 Å². The molecule has 1 aliphatic rings. The normalized spacial score (nSPS) is 15.8. The first-order chi connectivity index (χ1) is 13.0. The third-order valence-electron chi connectivity index (χ3n) is 4.27. The zero-order valence-corrected chi connectivity index (χ0v) is 14.7. The average Bonchev–Trinajstić information content (AvgIpc) is 3.03. The van der Waals surface area contributed by atoms with Crippen molar-refractivity contribution in [2.75, 3.05) is 26.3 Å². The van der Waals surface area contributed by atoms with Crippen LogP contribution in [0.25, 0.3) is 11.0 Å². The molecule has 1 aromatic carbocycles. The molecule has 2 amide bonds. The van der Waals surface area contributed by atoms with Gasteiger partial charge in [0.15, 0.2) is 0 Å². The Morgan fingerprint density at radius 1 is 1.37 bits per heavy atom. The molecule has 1 aromatic heterocycles. The maximum absolute atomic E-state index is 12.2. The number of amides is 2. The van der Waals surface area contributed by atoms with E-state index in [1.54, 1.807) is 11.2 Å². The van der Waals surface area contributed by atoms with Gasteiger partial charge in [0, 0.05) is 36.9 Å². The molecule has 3 rings (SSSR count). The molecule has 9 nitrogen and oxygen atoms in total. The second kappa shape index (κ2) is 9.00. The summed E-state index contributed by atoms with van der Waals surface area (Å²) in [7, 11) is -2.03. The number of ether oxygens (including phenoxy) is 1. The smallest absolute Gasteiger partial charge is 0.464 e. The number of nitrogens with one attached hydrogen (secondary N) is 1. The Morgan fingerprint density at radius 3 is 2.96 bits per heavy atom. The van der Waals surface area contributed by atoms with Crippen molar-refractivity contribution >= 4 is 30.1 Å². The molecule has 0 aliphatic carbocycles. The first-order valence-electron chi connectivity index (χ1n) is 8.64. The van der Waals surface area contributed by atoms with E-state index >= 15 is 0 Å². The maximum Gasteiger partial charge on any atom is 0.635 e. The van der Waals surface area contributed by atoms with E-state index in [4.69, 9.17) is 23.9 Å². The van der Waals surface area contributed by atoms with Crippen LogP contribution in [0, 0.1) is 0 Å². The lowest BCUT2D eigenvalue weighted by Crippen LogP contribution is -2.45. The van der Waals surface area contributed by atoms with Gasteiger partial charge in [-0.25, -0.2) is 0 Å². The van der Waals surface area contributed by atoms with Crippen molar-refractivity contribution in [3.05, 3.63) is 36.1 Å². The van der Waals surface area contributed by atoms with Crippen molar-refractivity contribution in [1.29, 1.82) is 0 Å². The van der Waals surface area contributed by atoms with Crippen LogP contribution in [-0.2, 0) is 25.4 Å². The first-order valence-corrected chi connectivity index (χ1v) is 8.64. The van der Waals surface area contributed by atoms with Gasteiger partial charge in [-0.15, -0.1) is 0 Å². The summed E-state index contributed by atoms with van der Waals surface area (Å²) in [6, 6.07) is 7.38. The molecule has 144 valence electrons. The van der Waals surface area contributed by atoms with E-state index in [1.807, 2.05) is 24.3 Å². The number of benzene rings is 1. The summed E-state index contributed by atoms with van der Waals surface area (Å²) in [4.78, 5) is 25.5. The van der Waals surface area contributed by atoms with Crippen LogP contribution in [0.15, 0.2) is 34.9 Å². The van der Waals surface area contributed by atoms with Gasteiger partial charge in [0.2, 0.25) is 11.8 Å². The lowest BCUT2D eigenvalue weighted by Gasteiger charge is -2.27. The molecule has 27 heavy (non-hydrogen) atoms. The van der Waals surface area contributed by atoms with Crippen LogP contribution in [0.5, 0.6) is 0 Å². The fourth-order valence-electron chi connectivity index (χ4n) is 2.95. The van der Waals surface area contributed by atoms with Gasteiger partial charge in [0.1, 0.15) is 18.4 Å².